The summed E-state index contributed by atoms with van der Waals surface area (Å²) >= 11 is 0. The lowest BCUT2D eigenvalue weighted by atomic mass is 9.98. The summed E-state index contributed by atoms with van der Waals surface area (Å²) in [5.41, 5.74) is 4.10. The van der Waals surface area contributed by atoms with Crippen LogP contribution in [0.4, 0.5) is 15.1 Å². The number of rotatable bonds is 9. The second-order valence-corrected chi connectivity index (χ2v) is 11.0. The van der Waals surface area contributed by atoms with Crippen molar-refractivity contribution in [1.82, 2.24) is 24.8 Å². The highest BCUT2D eigenvalue weighted by atomic mass is 31.2. The van der Waals surface area contributed by atoms with Crippen LogP contribution in [-0.2, 0) is 27.6 Å². The molecule has 0 bridgehead atoms. The van der Waals surface area contributed by atoms with Crippen molar-refractivity contribution < 1.29 is 41.5 Å². The Hall–Kier alpha value is -2.58. The molecule has 2 aliphatic rings. The van der Waals surface area contributed by atoms with Crippen LogP contribution >= 0.6 is 7.82 Å². The number of carbonyl (C=O) groups is 1. The molecule has 3 N–H and O–H groups in total. The maximum Gasteiger partial charge on any atom is 0.475 e. The first-order chi connectivity index (χ1) is 17.4. The van der Waals surface area contributed by atoms with Crippen molar-refractivity contribution in [2.75, 3.05) is 32.2 Å². The number of imidazole rings is 1. The molecule has 2 aromatic heterocycles. The van der Waals surface area contributed by atoms with E-state index < -0.39 is 44.1 Å². The molecule has 37 heavy (non-hydrogen) atoms. The minimum atomic E-state index is -4.17. The third-order valence-corrected chi connectivity index (χ3v) is 7.07. The molecular formula is C21H32FN6O8P. The van der Waals surface area contributed by atoms with Gasteiger partial charge in [-0.1, -0.05) is 13.8 Å². The summed E-state index contributed by atoms with van der Waals surface area (Å²) in [5.74, 6) is 0.254. The number of phosphoric ester groups is 1. The zero-order valence-corrected chi connectivity index (χ0v) is 22.1. The molecule has 1 unspecified atom stereocenters. The van der Waals surface area contributed by atoms with Crippen LogP contribution in [0.5, 0.6) is 5.88 Å². The van der Waals surface area contributed by atoms with Crippen molar-refractivity contribution in [3.63, 3.8) is 0 Å². The highest BCUT2D eigenvalue weighted by Crippen LogP contribution is 2.59. The molecule has 6 atom stereocenters. The average Bonchev–Trinajstić information content (AvgIpc) is 3.34. The highest BCUT2D eigenvalue weighted by molar-refractivity contribution is 7.48. The van der Waals surface area contributed by atoms with Gasteiger partial charge in [0, 0.05) is 0 Å². The molecule has 16 heteroatoms. The van der Waals surface area contributed by atoms with E-state index in [-0.39, 0.29) is 48.7 Å². The van der Waals surface area contributed by atoms with Gasteiger partial charge < -0.3 is 25.3 Å². The lowest BCUT2D eigenvalue weighted by Gasteiger charge is -2.34. The van der Waals surface area contributed by atoms with Crippen molar-refractivity contribution in [3.8, 4) is 5.88 Å². The molecule has 2 aromatic rings. The van der Waals surface area contributed by atoms with Gasteiger partial charge in [0.15, 0.2) is 23.1 Å². The maximum absolute atomic E-state index is 16.2. The van der Waals surface area contributed by atoms with Crippen LogP contribution in [0.25, 0.3) is 11.2 Å². The molecule has 2 aliphatic heterocycles. The molecule has 14 nitrogen and oxygen atoms in total. The Labute approximate surface area is 212 Å². The van der Waals surface area contributed by atoms with Crippen LogP contribution < -0.4 is 15.8 Å². The van der Waals surface area contributed by atoms with Gasteiger partial charge in [-0.25, -0.2) is 18.7 Å². The van der Waals surface area contributed by atoms with Crippen molar-refractivity contribution in [1.29, 1.82) is 0 Å². The first kappa shape index (κ1) is 27.5. The molecular weight excluding hydrogens is 514 g/mol. The molecule has 2 fully saturated rings. The van der Waals surface area contributed by atoms with Gasteiger partial charge in [-0.05, 0) is 26.7 Å². The number of hydrogen-bond donors (Lipinski definition) is 2. The lowest BCUT2D eigenvalue weighted by molar-refractivity contribution is -0.0711. The molecule has 0 aliphatic carbocycles. The number of anilines is 1. The molecule has 0 saturated carbocycles. The van der Waals surface area contributed by atoms with Crippen LogP contribution in [-0.4, -0.2) is 76.0 Å². The summed E-state index contributed by atoms with van der Waals surface area (Å²) in [4.78, 5) is 24.3. The molecule has 4 rings (SSSR count). The van der Waals surface area contributed by atoms with Crippen molar-refractivity contribution in [3.05, 3.63) is 6.33 Å². The summed E-state index contributed by atoms with van der Waals surface area (Å²) in [5, 5.41) is 2.56. The van der Waals surface area contributed by atoms with Crippen molar-refractivity contribution in [2.45, 2.75) is 64.8 Å². The molecule has 2 saturated heterocycles. The topological polar surface area (TPSA) is 171 Å². The number of alkyl halides is 1. The number of carbonyl (C=O) groups excluding carboxylic acids is 1. The van der Waals surface area contributed by atoms with E-state index in [1.165, 1.54) is 17.8 Å². The molecule has 1 amide bonds. The number of halogens is 1. The fourth-order valence-corrected chi connectivity index (χ4v) is 5.51. The summed E-state index contributed by atoms with van der Waals surface area (Å²) in [6, 6.07) is -0.582. The van der Waals surface area contributed by atoms with Gasteiger partial charge in [0.05, 0.1) is 38.8 Å². The lowest BCUT2D eigenvalue weighted by Crippen LogP contribution is -2.45. The van der Waals surface area contributed by atoms with Crippen LogP contribution in [0.1, 0.15) is 40.8 Å². The summed E-state index contributed by atoms with van der Waals surface area (Å²) in [7, 11) is -4.17. The quantitative estimate of drug-likeness (QED) is 0.441. The predicted molar refractivity (Wildman–Crippen MR) is 127 cm³/mol. The van der Waals surface area contributed by atoms with Gasteiger partial charge in [0.2, 0.25) is 11.8 Å². The number of phosphoric acid groups is 1. The Bertz CT molecular complexity index is 1180. The van der Waals surface area contributed by atoms with Gasteiger partial charge in [-0.2, -0.15) is 9.97 Å². The number of aromatic nitrogens is 4. The number of fused-ring (bicyclic) bond motifs is 2. The van der Waals surface area contributed by atoms with Gasteiger partial charge in [0.25, 0.3) is 0 Å². The second-order valence-electron chi connectivity index (χ2n) is 9.42. The third kappa shape index (κ3) is 5.80. The largest absolute Gasteiger partial charge is 0.476 e. The van der Waals surface area contributed by atoms with E-state index in [0.717, 1.165) is 0 Å². The second kappa shape index (κ2) is 10.7. The molecule has 0 spiro atoms. The van der Waals surface area contributed by atoms with Crippen molar-refractivity contribution >= 4 is 31.0 Å². The SMILES string of the molecule is CCOc1nc(N)nc2c1ncn2[C@@H]1O[C@@H]2COP(=O)(OC[C@H](C)NC(=O)OCC(C)C)O[C@H]2[C@@]1(C)F. The Kier molecular flexibility index (Phi) is 7.91. The Morgan fingerprint density at radius 3 is 2.84 bits per heavy atom. The van der Waals surface area contributed by atoms with E-state index in [1.807, 2.05) is 13.8 Å². The third-order valence-electron chi connectivity index (χ3n) is 5.66. The van der Waals surface area contributed by atoms with Crippen LogP contribution in [0, 0.1) is 5.92 Å². The number of hydrogen-bond acceptors (Lipinski definition) is 12. The number of nitrogens with zero attached hydrogens (tertiary/aromatic N) is 4. The van der Waals surface area contributed by atoms with E-state index in [4.69, 9.17) is 33.5 Å². The summed E-state index contributed by atoms with van der Waals surface area (Å²) in [6.45, 7) is 8.57. The van der Waals surface area contributed by atoms with Crippen molar-refractivity contribution in [2.24, 2.45) is 5.92 Å². The van der Waals surface area contributed by atoms with Gasteiger partial charge in [-0.3, -0.25) is 18.1 Å². The average molecular weight is 546 g/mol. The van der Waals surface area contributed by atoms with Gasteiger partial charge in [-0.15, -0.1) is 0 Å². The number of ether oxygens (including phenoxy) is 3. The first-order valence-electron chi connectivity index (χ1n) is 11.9. The maximum atomic E-state index is 16.2. The zero-order valence-electron chi connectivity index (χ0n) is 21.2. The van der Waals surface area contributed by atoms with E-state index >= 15 is 4.39 Å². The number of nitrogens with two attached hydrogens (primary N) is 1. The fraction of sp³-hybridized carbons (Fsp3) is 0.714. The smallest absolute Gasteiger partial charge is 0.475 e. The van der Waals surface area contributed by atoms with E-state index in [9.17, 15) is 9.36 Å². The number of amides is 1. The van der Waals surface area contributed by atoms with Gasteiger partial charge >= 0.3 is 13.9 Å². The Morgan fingerprint density at radius 2 is 2.14 bits per heavy atom. The number of nitrogen functional groups attached to an aromatic ring is 1. The predicted octanol–water partition coefficient (Wildman–Crippen LogP) is 2.74. The van der Waals surface area contributed by atoms with Gasteiger partial charge in [0.1, 0.15) is 12.2 Å². The fourth-order valence-electron chi connectivity index (χ4n) is 3.96. The van der Waals surface area contributed by atoms with E-state index in [2.05, 4.69) is 20.3 Å². The van der Waals surface area contributed by atoms with E-state index in [0.29, 0.717) is 6.61 Å². The Balaban J connectivity index is 1.45. The van der Waals surface area contributed by atoms with E-state index in [1.54, 1.807) is 13.8 Å². The molecule has 4 heterocycles. The molecule has 206 valence electrons. The first-order valence-corrected chi connectivity index (χ1v) is 13.4. The number of alkyl carbamates (subject to hydrolysis) is 1. The summed E-state index contributed by atoms with van der Waals surface area (Å²) in [6.07, 6.45) is -2.75. The minimum absolute atomic E-state index is 0.0815. The standard InChI is InChI=1S/C21H32FN6O8P/c1-6-31-17-14-16(26-19(23)27-17)28(10-24-14)18-21(5,22)15-13(35-18)9-34-37(30,36-15)33-8-12(4)25-20(29)32-7-11(2)3/h10-13,15,18H,6-9H2,1-5H3,(H,25,29)(H2,23,26,27)/t12-,13+,15+,18+,21+,37?/m0/s1. The van der Waals surface area contributed by atoms with Crippen LogP contribution in [0.15, 0.2) is 6.33 Å². The Morgan fingerprint density at radius 1 is 1.38 bits per heavy atom. The molecule has 0 aromatic carbocycles. The minimum Gasteiger partial charge on any atom is -0.476 e. The zero-order chi connectivity index (χ0) is 27.0. The monoisotopic (exact) mass is 546 g/mol. The summed E-state index contributed by atoms with van der Waals surface area (Å²) < 4.78 is 63.3. The van der Waals surface area contributed by atoms with Crippen LogP contribution in [0.2, 0.25) is 0 Å². The highest BCUT2D eigenvalue weighted by Gasteiger charge is 2.61. The molecule has 0 radical (unpaired) electrons. The number of nitrogens with one attached hydrogen (secondary N) is 1. The van der Waals surface area contributed by atoms with Crippen LogP contribution in [0.3, 0.4) is 0 Å². The normalized spacial score (nSPS) is 30.3.